The number of rotatable bonds is 5. The second kappa shape index (κ2) is 8.03. The van der Waals surface area contributed by atoms with Crippen molar-refractivity contribution in [2.24, 2.45) is 11.8 Å². The van der Waals surface area contributed by atoms with E-state index in [-0.39, 0.29) is 11.5 Å². The molecule has 1 amide bonds. The fourth-order valence-electron chi connectivity index (χ4n) is 5.09. The Morgan fingerprint density at radius 1 is 1.11 bits per heavy atom. The lowest BCUT2D eigenvalue weighted by Gasteiger charge is -2.50. The van der Waals surface area contributed by atoms with Crippen LogP contribution in [0.3, 0.4) is 0 Å². The molecule has 4 heterocycles. The molecule has 5 rings (SSSR count). The Kier molecular flexibility index (Phi) is 5.65. The minimum absolute atomic E-state index is 0.274. The zero-order valence-corrected chi connectivity index (χ0v) is 16.0. The van der Waals surface area contributed by atoms with Gasteiger partial charge in [0.25, 0.3) is 5.91 Å². The summed E-state index contributed by atoms with van der Waals surface area (Å²) in [5.74, 6) is 1.15. The predicted octanol–water partition coefficient (Wildman–Crippen LogP) is 3.24. The highest BCUT2D eigenvalue weighted by molar-refractivity contribution is 5.94. The van der Waals surface area contributed by atoms with E-state index in [1.807, 2.05) is 0 Å². The van der Waals surface area contributed by atoms with Crippen LogP contribution in [-0.2, 0) is 6.18 Å². The Hall–Kier alpha value is -1.60. The number of nitrogens with one attached hydrogen (secondary N) is 1. The van der Waals surface area contributed by atoms with E-state index in [0.29, 0.717) is 12.6 Å². The normalized spacial score (nSPS) is 30.5. The van der Waals surface area contributed by atoms with Crippen LogP contribution >= 0.6 is 0 Å². The molecule has 0 aliphatic carbocycles. The van der Waals surface area contributed by atoms with E-state index in [0.717, 1.165) is 43.5 Å². The number of carbonyl (C=O) groups excluding carboxylic acids is 1. The van der Waals surface area contributed by atoms with Gasteiger partial charge in [0.05, 0.1) is 5.56 Å². The number of piperidine rings is 3. The summed E-state index contributed by atoms with van der Waals surface area (Å²) < 4.78 is 37.9. The third kappa shape index (κ3) is 4.35. The molecule has 0 aromatic heterocycles. The molecule has 1 N–H and O–H groups in total. The van der Waals surface area contributed by atoms with E-state index in [1.54, 1.807) is 0 Å². The molecule has 1 unspecified atom stereocenters. The molecule has 0 saturated carbocycles. The average Bonchev–Trinajstić information content (AvgIpc) is 3.19. The quantitative estimate of drug-likeness (QED) is 0.832. The summed E-state index contributed by atoms with van der Waals surface area (Å²) in [6, 6.07) is 4.76. The zero-order valence-electron chi connectivity index (χ0n) is 16.0. The number of likely N-dealkylation sites (tertiary alicyclic amines) is 1. The zero-order chi connectivity index (χ0) is 19.7. The van der Waals surface area contributed by atoms with Gasteiger partial charge in [-0.3, -0.25) is 9.69 Å². The maximum Gasteiger partial charge on any atom is 0.416 e. The molecular formula is C21H28F3N3O. The summed E-state index contributed by atoms with van der Waals surface area (Å²) in [5.41, 5.74) is -0.459. The highest BCUT2D eigenvalue weighted by Gasteiger charge is 2.40. The van der Waals surface area contributed by atoms with Crippen molar-refractivity contribution >= 4 is 5.91 Å². The Morgan fingerprint density at radius 3 is 2.43 bits per heavy atom. The van der Waals surface area contributed by atoms with Crippen LogP contribution in [0.25, 0.3) is 0 Å². The first-order chi connectivity index (χ1) is 13.4. The summed E-state index contributed by atoms with van der Waals surface area (Å²) in [6.45, 7) is 6.41. The molecule has 4 aliphatic heterocycles. The van der Waals surface area contributed by atoms with Crippen LogP contribution < -0.4 is 5.32 Å². The van der Waals surface area contributed by atoms with Gasteiger partial charge in [-0.2, -0.15) is 13.2 Å². The molecule has 2 bridgehead atoms. The molecule has 0 radical (unpaired) electrons. The largest absolute Gasteiger partial charge is 0.416 e. The second-order valence-electron chi connectivity index (χ2n) is 8.49. The standard InChI is InChI=1S/C21H28F3N3O/c22-21(23,24)18-5-3-15(4-6-18)20(28)25-12-19-11-16-7-10-27(19)14-17(16)13-26-8-1-2-9-26/h3-6,16-17,19H,1-2,7-14H2,(H,25,28)/t16-,17-,19+/m0/s1. The van der Waals surface area contributed by atoms with Crippen molar-refractivity contribution in [1.29, 1.82) is 0 Å². The number of halogens is 3. The van der Waals surface area contributed by atoms with E-state index < -0.39 is 11.7 Å². The highest BCUT2D eigenvalue weighted by Crippen LogP contribution is 2.37. The van der Waals surface area contributed by atoms with Gasteiger partial charge in [0.15, 0.2) is 0 Å². The summed E-state index contributed by atoms with van der Waals surface area (Å²) in [4.78, 5) is 17.4. The molecule has 28 heavy (non-hydrogen) atoms. The van der Waals surface area contributed by atoms with Gasteiger partial charge in [-0.15, -0.1) is 0 Å². The molecule has 4 aliphatic rings. The topological polar surface area (TPSA) is 35.6 Å². The monoisotopic (exact) mass is 395 g/mol. The number of hydrogen-bond donors (Lipinski definition) is 1. The highest BCUT2D eigenvalue weighted by atomic mass is 19.4. The number of alkyl halides is 3. The number of amides is 1. The molecule has 154 valence electrons. The summed E-state index contributed by atoms with van der Waals surface area (Å²) in [7, 11) is 0. The fourth-order valence-corrected chi connectivity index (χ4v) is 5.09. The van der Waals surface area contributed by atoms with Crippen molar-refractivity contribution in [2.45, 2.75) is 37.9 Å². The Bertz CT molecular complexity index is 685. The van der Waals surface area contributed by atoms with Gasteiger partial charge in [-0.05, 0) is 81.4 Å². The van der Waals surface area contributed by atoms with Gasteiger partial charge in [0.2, 0.25) is 0 Å². The third-order valence-electron chi connectivity index (χ3n) is 6.68. The van der Waals surface area contributed by atoms with Crippen LogP contribution in [0.1, 0.15) is 41.6 Å². The molecule has 1 aromatic rings. The summed E-state index contributed by atoms with van der Waals surface area (Å²) in [5, 5.41) is 2.93. The maximum atomic E-state index is 12.6. The minimum Gasteiger partial charge on any atom is -0.350 e. The summed E-state index contributed by atoms with van der Waals surface area (Å²) in [6.07, 6.45) is 0.600. The minimum atomic E-state index is -4.38. The molecule has 4 fully saturated rings. The lowest BCUT2D eigenvalue weighted by Crippen LogP contribution is -2.58. The number of nitrogens with zero attached hydrogens (tertiary/aromatic N) is 2. The van der Waals surface area contributed by atoms with E-state index in [9.17, 15) is 18.0 Å². The van der Waals surface area contributed by atoms with Crippen LogP contribution in [0.4, 0.5) is 13.2 Å². The Morgan fingerprint density at radius 2 is 1.82 bits per heavy atom. The van der Waals surface area contributed by atoms with Gasteiger partial charge in [0.1, 0.15) is 0 Å². The first-order valence-corrected chi connectivity index (χ1v) is 10.3. The van der Waals surface area contributed by atoms with Crippen LogP contribution in [-0.4, -0.2) is 61.0 Å². The maximum absolute atomic E-state index is 12.6. The van der Waals surface area contributed by atoms with Crippen molar-refractivity contribution in [2.75, 3.05) is 39.3 Å². The second-order valence-corrected chi connectivity index (χ2v) is 8.49. The van der Waals surface area contributed by atoms with Gasteiger partial charge < -0.3 is 10.2 Å². The predicted molar refractivity (Wildman–Crippen MR) is 101 cm³/mol. The van der Waals surface area contributed by atoms with Crippen molar-refractivity contribution < 1.29 is 18.0 Å². The number of carbonyl (C=O) groups is 1. The SMILES string of the molecule is O=C(NC[C@H]1C[C@@H]2CCN1C[C@@H]2CN1CCCC1)c1ccc(C(F)(F)F)cc1. The van der Waals surface area contributed by atoms with Crippen molar-refractivity contribution in [1.82, 2.24) is 15.1 Å². The number of fused-ring (bicyclic) bond motifs is 3. The van der Waals surface area contributed by atoms with Gasteiger partial charge in [-0.25, -0.2) is 0 Å². The first kappa shape index (κ1) is 19.7. The van der Waals surface area contributed by atoms with E-state index in [2.05, 4.69) is 15.1 Å². The van der Waals surface area contributed by atoms with Crippen molar-refractivity contribution in [3.63, 3.8) is 0 Å². The smallest absolute Gasteiger partial charge is 0.350 e. The van der Waals surface area contributed by atoms with Crippen molar-refractivity contribution in [3.8, 4) is 0 Å². The van der Waals surface area contributed by atoms with Crippen LogP contribution in [0.5, 0.6) is 0 Å². The number of benzene rings is 1. The molecule has 4 saturated heterocycles. The van der Waals surface area contributed by atoms with Gasteiger partial charge in [0, 0.05) is 31.2 Å². The Balaban J connectivity index is 1.28. The lowest BCUT2D eigenvalue weighted by molar-refractivity contribution is -0.137. The van der Waals surface area contributed by atoms with Crippen LogP contribution in [0, 0.1) is 11.8 Å². The van der Waals surface area contributed by atoms with E-state index >= 15 is 0 Å². The van der Waals surface area contributed by atoms with Crippen molar-refractivity contribution in [3.05, 3.63) is 35.4 Å². The van der Waals surface area contributed by atoms with Crippen LogP contribution in [0.15, 0.2) is 24.3 Å². The van der Waals surface area contributed by atoms with Crippen LogP contribution in [0.2, 0.25) is 0 Å². The first-order valence-electron chi connectivity index (χ1n) is 10.3. The molecule has 4 atom stereocenters. The lowest BCUT2D eigenvalue weighted by atomic mass is 9.75. The van der Waals surface area contributed by atoms with Gasteiger partial charge in [-0.1, -0.05) is 0 Å². The number of hydrogen-bond acceptors (Lipinski definition) is 3. The molecule has 4 nitrogen and oxygen atoms in total. The molecular weight excluding hydrogens is 367 g/mol. The van der Waals surface area contributed by atoms with E-state index in [4.69, 9.17) is 0 Å². The Labute approximate surface area is 164 Å². The van der Waals surface area contributed by atoms with E-state index in [1.165, 1.54) is 51.0 Å². The third-order valence-corrected chi connectivity index (χ3v) is 6.68. The summed E-state index contributed by atoms with van der Waals surface area (Å²) >= 11 is 0. The molecule has 1 aromatic carbocycles. The average molecular weight is 395 g/mol. The molecule has 7 heteroatoms. The van der Waals surface area contributed by atoms with Gasteiger partial charge >= 0.3 is 6.18 Å². The molecule has 0 spiro atoms. The fraction of sp³-hybridized carbons (Fsp3) is 0.667.